The summed E-state index contributed by atoms with van der Waals surface area (Å²) in [7, 11) is 0. The van der Waals surface area contributed by atoms with E-state index < -0.39 is 0 Å². The van der Waals surface area contributed by atoms with Crippen LogP contribution in [0.25, 0.3) is 0 Å². The highest BCUT2D eigenvalue weighted by Crippen LogP contribution is 2.28. The first-order chi connectivity index (χ1) is 8.77. The molecule has 4 heteroatoms. The summed E-state index contributed by atoms with van der Waals surface area (Å²) in [5, 5.41) is 5.68. The number of thiophene rings is 1. The predicted molar refractivity (Wildman–Crippen MR) is 85.6 cm³/mol. The fourth-order valence-corrected chi connectivity index (χ4v) is 4.22. The molecule has 1 atom stereocenters. The third kappa shape index (κ3) is 4.12. The highest BCUT2D eigenvalue weighted by molar-refractivity contribution is 9.10. The average molecular weight is 342 g/mol. The van der Waals surface area contributed by atoms with Crippen LogP contribution in [0.3, 0.4) is 0 Å². The van der Waals surface area contributed by atoms with E-state index in [9.17, 15) is 0 Å². The molecule has 0 saturated carbocycles. The molecule has 0 aliphatic rings. The number of nitrogens with one attached hydrogen (secondary N) is 1. The van der Waals surface area contributed by atoms with Crippen LogP contribution in [0.2, 0.25) is 0 Å². The van der Waals surface area contributed by atoms with Gasteiger partial charge in [0.2, 0.25) is 0 Å². The topological polar surface area (TPSA) is 12.0 Å². The molecular weight excluding hydrogens is 326 g/mol. The lowest BCUT2D eigenvalue weighted by Crippen LogP contribution is -2.20. The molecule has 0 aliphatic carbocycles. The lowest BCUT2D eigenvalue weighted by atomic mass is 10.3. The van der Waals surface area contributed by atoms with Crippen molar-refractivity contribution in [1.29, 1.82) is 0 Å². The van der Waals surface area contributed by atoms with Gasteiger partial charge in [-0.15, -0.1) is 23.1 Å². The summed E-state index contributed by atoms with van der Waals surface area (Å²) in [6.45, 7) is 3.23. The van der Waals surface area contributed by atoms with E-state index in [1.807, 2.05) is 11.8 Å². The minimum absolute atomic E-state index is 0.413. The largest absolute Gasteiger partial charge is 0.309 e. The minimum Gasteiger partial charge on any atom is -0.309 e. The Morgan fingerprint density at radius 2 is 2.06 bits per heavy atom. The van der Waals surface area contributed by atoms with Gasteiger partial charge in [0.1, 0.15) is 0 Å². The van der Waals surface area contributed by atoms with Crippen LogP contribution in [0, 0.1) is 0 Å². The first-order valence-corrected chi connectivity index (χ1v) is 8.57. The third-order valence-electron chi connectivity index (χ3n) is 2.60. The Labute approximate surface area is 125 Å². The van der Waals surface area contributed by atoms with Gasteiger partial charge in [0.25, 0.3) is 0 Å². The second-order valence-corrected chi connectivity index (χ2v) is 6.94. The fourth-order valence-electron chi connectivity index (χ4n) is 1.67. The Hall–Kier alpha value is -0.290. The van der Waals surface area contributed by atoms with Gasteiger partial charge in [-0.2, -0.15) is 0 Å². The molecule has 0 aliphatic heterocycles. The molecule has 2 rings (SSSR count). The van der Waals surface area contributed by atoms with Crippen molar-refractivity contribution in [1.82, 2.24) is 5.32 Å². The molecular formula is C14H16BrNS2. The molecule has 1 heterocycles. The van der Waals surface area contributed by atoms with Crippen LogP contribution in [0.4, 0.5) is 0 Å². The summed E-state index contributed by atoms with van der Waals surface area (Å²) in [5.74, 6) is 1.09. The lowest BCUT2D eigenvalue weighted by molar-refractivity contribution is 0.608. The van der Waals surface area contributed by atoms with Crippen molar-refractivity contribution < 1.29 is 0 Å². The molecule has 96 valence electrons. The second kappa shape index (κ2) is 7.34. The number of hydrogen-bond acceptors (Lipinski definition) is 3. The van der Waals surface area contributed by atoms with Gasteiger partial charge in [-0.25, -0.2) is 0 Å². The Kier molecular flexibility index (Phi) is 5.76. The molecule has 0 bridgehead atoms. The van der Waals surface area contributed by atoms with Crippen LogP contribution in [-0.2, 0) is 0 Å². The van der Waals surface area contributed by atoms with Gasteiger partial charge < -0.3 is 5.32 Å². The zero-order valence-electron chi connectivity index (χ0n) is 10.2. The van der Waals surface area contributed by atoms with Crippen molar-refractivity contribution >= 4 is 39.0 Å². The van der Waals surface area contributed by atoms with Crippen molar-refractivity contribution in [2.75, 3.05) is 12.3 Å². The number of benzene rings is 1. The molecule has 2 aromatic rings. The molecule has 1 unspecified atom stereocenters. The van der Waals surface area contributed by atoms with Gasteiger partial charge in [0.15, 0.2) is 0 Å². The van der Waals surface area contributed by atoms with Crippen molar-refractivity contribution in [3.63, 3.8) is 0 Å². The molecule has 0 radical (unpaired) electrons. The first kappa shape index (κ1) is 14.1. The molecule has 1 aromatic heterocycles. The SMILES string of the molecule is CC(NCCSc1ccccc1)c1sccc1Br. The van der Waals surface area contributed by atoms with Crippen molar-refractivity contribution in [3.05, 3.63) is 51.1 Å². The first-order valence-electron chi connectivity index (χ1n) is 5.91. The maximum Gasteiger partial charge on any atom is 0.0397 e. The molecule has 0 fully saturated rings. The highest BCUT2D eigenvalue weighted by Gasteiger charge is 2.09. The van der Waals surface area contributed by atoms with Gasteiger partial charge in [-0.05, 0) is 46.4 Å². The lowest BCUT2D eigenvalue weighted by Gasteiger charge is -2.12. The van der Waals surface area contributed by atoms with Crippen molar-refractivity contribution in [3.8, 4) is 0 Å². The standard InChI is InChI=1S/C14H16BrNS2/c1-11(14-13(15)7-9-18-14)16-8-10-17-12-5-3-2-4-6-12/h2-7,9,11,16H,8,10H2,1H3. The fraction of sp³-hybridized carbons (Fsp3) is 0.286. The van der Waals surface area contributed by atoms with E-state index in [-0.39, 0.29) is 0 Å². The van der Waals surface area contributed by atoms with Gasteiger partial charge >= 0.3 is 0 Å². The van der Waals surface area contributed by atoms with E-state index in [1.165, 1.54) is 14.2 Å². The van der Waals surface area contributed by atoms with Crippen molar-refractivity contribution in [2.45, 2.75) is 17.9 Å². The average Bonchev–Trinajstić information content (AvgIpc) is 2.82. The van der Waals surface area contributed by atoms with E-state index in [0.29, 0.717) is 6.04 Å². The Balaban J connectivity index is 1.71. The summed E-state index contributed by atoms with van der Waals surface area (Å²) in [6, 6.07) is 13.1. The smallest absolute Gasteiger partial charge is 0.0397 e. The normalized spacial score (nSPS) is 12.6. The maximum atomic E-state index is 3.58. The number of thioether (sulfide) groups is 1. The van der Waals surface area contributed by atoms with Crippen LogP contribution in [-0.4, -0.2) is 12.3 Å². The number of rotatable bonds is 6. The number of halogens is 1. The zero-order chi connectivity index (χ0) is 12.8. The summed E-state index contributed by atoms with van der Waals surface area (Å²) in [5.41, 5.74) is 0. The number of hydrogen-bond donors (Lipinski definition) is 1. The van der Waals surface area contributed by atoms with E-state index in [4.69, 9.17) is 0 Å². The van der Waals surface area contributed by atoms with Crippen LogP contribution >= 0.6 is 39.0 Å². The van der Waals surface area contributed by atoms with E-state index in [1.54, 1.807) is 11.3 Å². The van der Waals surface area contributed by atoms with E-state index in [0.717, 1.165) is 12.3 Å². The highest BCUT2D eigenvalue weighted by atomic mass is 79.9. The van der Waals surface area contributed by atoms with Gasteiger partial charge in [0, 0.05) is 32.6 Å². The van der Waals surface area contributed by atoms with E-state index in [2.05, 4.69) is 69.9 Å². The minimum atomic E-state index is 0.413. The predicted octanol–water partition coefficient (Wildman–Crippen LogP) is 4.95. The summed E-state index contributed by atoms with van der Waals surface area (Å²) in [4.78, 5) is 2.71. The molecule has 1 aromatic carbocycles. The Bertz CT molecular complexity index is 470. The molecule has 18 heavy (non-hydrogen) atoms. The molecule has 0 spiro atoms. The summed E-state index contributed by atoms with van der Waals surface area (Å²) < 4.78 is 1.21. The molecule has 0 amide bonds. The molecule has 0 saturated heterocycles. The van der Waals surface area contributed by atoms with Gasteiger partial charge in [0.05, 0.1) is 0 Å². The van der Waals surface area contributed by atoms with Gasteiger partial charge in [-0.1, -0.05) is 18.2 Å². The molecule has 1 N–H and O–H groups in total. The maximum absolute atomic E-state index is 3.58. The second-order valence-electron chi connectivity index (χ2n) is 3.97. The van der Waals surface area contributed by atoms with Crippen LogP contribution in [0.1, 0.15) is 17.8 Å². The van der Waals surface area contributed by atoms with Crippen molar-refractivity contribution in [2.24, 2.45) is 0 Å². The van der Waals surface area contributed by atoms with Crippen LogP contribution < -0.4 is 5.32 Å². The third-order valence-corrected chi connectivity index (χ3v) is 5.67. The van der Waals surface area contributed by atoms with E-state index >= 15 is 0 Å². The summed E-state index contributed by atoms with van der Waals surface area (Å²) in [6.07, 6.45) is 0. The van der Waals surface area contributed by atoms with Crippen LogP contribution in [0.5, 0.6) is 0 Å². The van der Waals surface area contributed by atoms with Crippen LogP contribution in [0.15, 0.2) is 51.1 Å². The molecule has 1 nitrogen and oxygen atoms in total. The Morgan fingerprint density at radius 3 is 2.72 bits per heavy atom. The monoisotopic (exact) mass is 341 g/mol. The Morgan fingerprint density at radius 1 is 1.28 bits per heavy atom. The zero-order valence-corrected chi connectivity index (χ0v) is 13.4. The quantitative estimate of drug-likeness (QED) is 0.589. The van der Waals surface area contributed by atoms with Gasteiger partial charge in [-0.3, -0.25) is 0 Å². The summed E-state index contributed by atoms with van der Waals surface area (Å²) >= 11 is 7.27.